The van der Waals surface area contributed by atoms with Gasteiger partial charge in [0.1, 0.15) is 12.4 Å². The van der Waals surface area contributed by atoms with Crippen LogP contribution >= 0.6 is 15.9 Å². The van der Waals surface area contributed by atoms with Crippen LogP contribution in [0, 0.1) is 5.82 Å². The summed E-state index contributed by atoms with van der Waals surface area (Å²) in [5.74, 6) is -6.47. The topological polar surface area (TPSA) is 42.8 Å². The van der Waals surface area contributed by atoms with Crippen LogP contribution in [0.5, 0.6) is 11.5 Å². The summed E-state index contributed by atoms with van der Waals surface area (Å²) >= 11 is 3.18. The predicted octanol–water partition coefficient (Wildman–Crippen LogP) is 6.28. The minimum Gasteiger partial charge on any atom is -0.490 e. The molecule has 0 bridgehead atoms. The third kappa shape index (κ3) is 6.02. The number of benzene rings is 2. The number of rotatable bonds is 9. The molecule has 0 aliphatic carbocycles. The first-order chi connectivity index (χ1) is 14.8. The van der Waals surface area contributed by atoms with Gasteiger partial charge in [0.15, 0.2) is 11.5 Å². The molecular weight excluding hydrogens is 520 g/mol. The Hall–Kier alpha value is -2.57. The van der Waals surface area contributed by atoms with E-state index in [9.17, 15) is 35.1 Å². The number of ether oxygens (including phenoxy) is 2. The van der Waals surface area contributed by atoms with Gasteiger partial charge in [0.2, 0.25) is 0 Å². The van der Waals surface area contributed by atoms with Crippen molar-refractivity contribution in [2.75, 3.05) is 6.61 Å². The summed E-state index contributed by atoms with van der Waals surface area (Å²) in [4.78, 5) is 0. The van der Waals surface area contributed by atoms with Gasteiger partial charge in [0, 0.05) is 0 Å². The van der Waals surface area contributed by atoms with Gasteiger partial charge in [0.25, 0.3) is 0 Å². The molecule has 0 saturated heterocycles. The highest BCUT2D eigenvalue weighted by molar-refractivity contribution is 9.10. The highest BCUT2D eigenvalue weighted by atomic mass is 79.9. The molecule has 0 saturated carbocycles. The van der Waals surface area contributed by atoms with E-state index >= 15 is 0 Å². The van der Waals surface area contributed by atoms with Gasteiger partial charge in [-0.3, -0.25) is 0 Å². The monoisotopic (exact) mass is 534 g/mol. The van der Waals surface area contributed by atoms with Crippen molar-refractivity contribution in [3.05, 3.63) is 57.8 Å². The van der Waals surface area contributed by atoms with E-state index in [2.05, 4.69) is 21.0 Å². The Morgan fingerprint density at radius 3 is 2.19 bits per heavy atom. The molecule has 2 rings (SSSR count). The van der Waals surface area contributed by atoms with Crippen LogP contribution < -0.4 is 14.9 Å². The van der Waals surface area contributed by atoms with E-state index in [0.717, 1.165) is 0 Å². The van der Waals surface area contributed by atoms with Gasteiger partial charge in [0.05, 0.1) is 17.3 Å². The Labute approximate surface area is 185 Å². The van der Waals surface area contributed by atoms with Crippen LogP contribution in [-0.2, 0) is 6.61 Å². The van der Waals surface area contributed by atoms with Crippen molar-refractivity contribution in [2.24, 2.45) is 5.10 Å². The zero-order chi connectivity index (χ0) is 24.2. The number of nitrogens with zero attached hydrogens (tertiary/aromatic N) is 1. The standard InChI is InChI=1S/C19H15BrF8N2O2/c1-2-31-15-8-12(9-29-30-19(27,28)17(22,23)18(24,25)26)7-14(20)16(15)32-10-11-3-5-13(21)6-4-11/h3-9,30H,2,10H2,1H3/b29-9+. The van der Waals surface area contributed by atoms with Crippen molar-refractivity contribution in [2.45, 2.75) is 31.7 Å². The molecule has 0 aromatic heterocycles. The van der Waals surface area contributed by atoms with Gasteiger partial charge in [-0.05, 0) is 58.2 Å². The van der Waals surface area contributed by atoms with Crippen LogP contribution in [0.25, 0.3) is 0 Å². The molecule has 13 heteroatoms. The maximum atomic E-state index is 13.3. The molecule has 0 atom stereocenters. The zero-order valence-corrected chi connectivity index (χ0v) is 17.7. The van der Waals surface area contributed by atoms with E-state index in [1.807, 2.05) is 0 Å². The third-order valence-corrected chi connectivity index (χ3v) is 4.39. The molecule has 176 valence electrons. The summed E-state index contributed by atoms with van der Waals surface area (Å²) in [5.41, 5.74) is 1.19. The lowest BCUT2D eigenvalue weighted by Crippen LogP contribution is -2.58. The van der Waals surface area contributed by atoms with Gasteiger partial charge < -0.3 is 9.47 Å². The second kappa shape index (κ2) is 9.92. The molecule has 0 amide bonds. The second-order valence-electron chi connectivity index (χ2n) is 6.19. The molecule has 1 N–H and O–H groups in total. The molecule has 0 heterocycles. The molecule has 0 spiro atoms. The predicted molar refractivity (Wildman–Crippen MR) is 103 cm³/mol. The average molecular weight is 535 g/mol. The average Bonchev–Trinajstić information content (AvgIpc) is 2.68. The van der Waals surface area contributed by atoms with Gasteiger partial charge in [-0.1, -0.05) is 12.1 Å². The summed E-state index contributed by atoms with van der Waals surface area (Å²) in [6.07, 6.45) is -5.87. The van der Waals surface area contributed by atoms with Crippen LogP contribution in [0.1, 0.15) is 18.1 Å². The number of hydrogen-bond donors (Lipinski definition) is 1. The molecule has 2 aromatic rings. The lowest BCUT2D eigenvalue weighted by atomic mass is 10.2. The Morgan fingerprint density at radius 1 is 1.00 bits per heavy atom. The minimum atomic E-state index is -6.48. The van der Waals surface area contributed by atoms with Crippen molar-refractivity contribution in [3.63, 3.8) is 0 Å². The number of halogens is 9. The molecule has 0 aliphatic rings. The van der Waals surface area contributed by atoms with Gasteiger partial charge in [-0.15, -0.1) is 0 Å². The zero-order valence-electron chi connectivity index (χ0n) is 16.1. The SMILES string of the molecule is CCOc1cc(/C=N/NC(F)(F)C(F)(F)C(F)(F)F)cc(Br)c1OCc1ccc(F)cc1. The van der Waals surface area contributed by atoms with Crippen LogP contribution in [0.2, 0.25) is 0 Å². The summed E-state index contributed by atoms with van der Waals surface area (Å²) in [6.45, 7) is 1.82. The fourth-order valence-electron chi connectivity index (χ4n) is 2.24. The number of hydrazone groups is 1. The number of hydrogen-bond acceptors (Lipinski definition) is 4. The van der Waals surface area contributed by atoms with E-state index in [-0.39, 0.29) is 34.7 Å². The largest absolute Gasteiger partial charge is 0.490 e. The molecule has 0 radical (unpaired) electrons. The van der Waals surface area contributed by atoms with Crippen LogP contribution in [0.3, 0.4) is 0 Å². The molecule has 2 aromatic carbocycles. The Kier molecular flexibility index (Phi) is 7.97. The highest BCUT2D eigenvalue weighted by Crippen LogP contribution is 2.45. The van der Waals surface area contributed by atoms with E-state index < -0.39 is 24.0 Å². The number of alkyl halides is 7. The van der Waals surface area contributed by atoms with Crippen LogP contribution in [-0.4, -0.2) is 31.0 Å². The minimum absolute atomic E-state index is 0.0205. The number of nitrogens with one attached hydrogen (secondary N) is 1. The van der Waals surface area contributed by atoms with E-state index in [4.69, 9.17) is 9.47 Å². The second-order valence-corrected chi connectivity index (χ2v) is 7.05. The van der Waals surface area contributed by atoms with E-state index in [1.165, 1.54) is 36.4 Å². The van der Waals surface area contributed by atoms with Crippen LogP contribution in [0.4, 0.5) is 35.1 Å². The fraction of sp³-hybridized carbons (Fsp3) is 0.316. The van der Waals surface area contributed by atoms with Gasteiger partial charge in [-0.2, -0.15) is 35.8 Å². The Morgan fingerprint density at radius 2 is 1.62 bits per heavy atom. The quantitative estimate of drug-likeness (QED) is 0.178. The Bertz CT molecular complexity index is 950. The van der Waals surface area contributed by atoms with Crippen molar-refractivity contribution in [3.8, 4) is 11.5 Å². The van der Waals surface area contributed by atoms with E-state index in [1.54, 1.807) is 6.92 Å². The van der Waals surface area contributed by atoms with Crippen molar-refractivity contribution >= 4 is 22.1 Å². The molecule has 0 unspecified atom stereocenters. The first kappa shape index (κ1) is 25.7. The first-order valence-corrected chi connectivity index (χ1v) is 9.54. The molecule has 4 nitrogen and oxygen atoms in total. The third-order valence-electron chi connectivity index (χ3n) is 3.80. The molecule has 32 heavy (non-hydrogen) atoms. The van der Waals surface area contributed by atoms with Crippen molar-refractivity contribution in [1.29, 1.82) is 0 Å². The lowest BCUT2D eigenvalue weighted by molar-refractivity contribution is -0.361. The maximum Gasteiger partial charge on any atom is 0.462 e. The smallest absolute Gasteiger partial charge is 0.462 e. The summed E-state index contributed by atoms with van der Waals surface area (Å²) in [6, 6.07) is 2.32. The van der Waals surface area contributed by atoms with Gasteiger partial charge >= 0.3 is 18.1 Å². The fourth-order valence-corrected chi connectivity index (χ4v) is 2.81. The summed E-state index contributed by atoms with van der Waals surface area (Å²) < 4.78 is 113. The Balaban J connectivity index is 2.20. The van der Waals surface area contributed by atoms with Gasteiger partial charge in [-0.25, -0.2) is 9.82 Å². The summed E-state index contributed by atoms with van der Waals surface area (Å²) in [7, 11) is 0. The van der Waals surface area contributed by atoms with Crippen LogP contribution in [0.15, 0.2) is 46.0 Å². The molecule has 0 fully saturated rings. The maximum absolute atomic E-state index is 13.3. The van der Waals surface area contributed by atoms with Crippen molar-refractivity contribution < 1.29 is 44.6 Å². The lowest BCUT2D eigenvalue weighted by Gasteiger charge is -2.27. The summed E-state index contributed by atoms with van der Waals surface area (Å²) in [5, 5.41) is 2.81. The van der Waals surface area contributed by atoms with E-state index in [0.29, 0.717) is 17.2 Å². The molecule has 0 aliphatic heterocycles. The highest BCUT2D eigenvalue weighted by Gasteiger charge is 2.73. The van der Waals surface area contributed by atoms with Crippen molar-refractivity contribution in [1.82, 2.24) is 5.43 Å². The molecular formula is C19H15BrF8N2O2. The normalized spacial score (nSPS) is 12.8. The first-order valence-electron chi connectivity index (χ1n) is 8.74.